The largest absolute Gasteiger partial charge is 0.209 e. The van der Waals surface area contributed by atoms with Crippen molar-refractivity contribution < 1.29 is 8.78 Å². The highest BCUT2D eigenvalue weighted by Crippen LogP contribution is 2.35. The Morgan fingerprint density at radius 1 is 0.870 bits per heavy atom. The second kappa shape index (κ2) is 9.85. The van der Waals surface area contributed by atoms with Crippen LogP contribution in [-0.2, 0) is 0 Å². The average Bonchev–Trinajstić information content (AvgIpc) is 2.57. The molecule has 0 bridgehead atoms. The first-order chi connectivity index (χ1) is 11.0. The fourth-order valence-corrected chi connectivity index (χ4v) is 3.02. The molecule has 2 rings (SSSR count). The number of rotatable bonds is 5. The minimum Gasteiger partial charge on any atom is -0.209 e. The van der Waals surface area contributed by atoms with E-state index in [-0.39, 0.29) is 6.42 Å². The van der Waals surface area contributed by atoms with E-state index in [0.717, 1.165) is 24.3 Å². The number of allylic oxidation sites excluding steroid dienone is 8. The monoisotopic (exact) mass is 322 g/mol. The van der Waals surface area contributed by atoms with Gasteiger partial charge in [0.05, 0.1) is 0 Å². The lowest BCUT2D eigenvalue weighted by molar-refractivity contribution is 0.479. The molecule has 23 heavy (non-hydrogen) atoms. The molecule has 0 radical (unpaired) electrons. The van der Waals surface area contributed by atoms with Crippen LogP contribution < -0.4 is 0 Å². The van der Waals surface area contributed by atoms with E-state index < -0.39 is 11.7 Å². The smallest absolute Gasteiger partial charge is 0.154 e. The molecule has 2 aliphatic rings. The molecule has 0 fully saturated rings. The van der Waals surface area contributed by atoms with Crippen LogP contribution in [-0.4, -0.2) is 0 Å². The lowest BCUT2D eigenvalue weighted by Crippen LogP contribution is -2.06. The Kier molecular flexibility index (Phi) is 8.51. The predicted octanol–water partition coefficient (Wildman–Crippen LogP) is 7.60. The third-order valence-electron chi connectivity index (χ3n) is 4.58. The van der Waals surface area contributed by atoms with Gasteiger partial charge in [-0.1, -0.05) is 58.8 Å². The molecule has 0 N–H and O–H groups in total. The van der Waals surface area contributed by atoms with Crippen LogP contribution in [0, 0.1) is 11.8 Å². The van der Waals surface area contributed by atoms with Crippen molar-refractivity contribution in [2.45, 2.75) is 73.1 Å². The normalized spacial score (nSPS) is 19.6. The molecule has 0 heterocycles. The van der Waals surface area contributed by atoms with Gasteiger partial charge in [-0.05, 0) is 54.7 Å². The third kappa shape index (κ3) is 6.08. The molecule has 0 aromatic heterocycles. The summed E-state index contributed by atoms with van der Waals surface area (Å²) in [4.78, 5) is 0. The second-order valence-corrected chi connectivity index (χ2v) is 6.73. The minimum absolute atomic E-state index is 0.205. The molecular weight excluding hydrogens is 290 g/mol. The van der Waals surface area contributed by atoms with Crippen molar-refractivity contribution in [1.82, 2.24) is 0 Å². The van der Waals surface area contributed by atoms with Gasteiger partial charge in [0, 0.05) is 6.42 Å². The summed E-state index contributed by atoms with van der Waals surface area (Å²) in [6.45, 7) is 10.8. The lowest BCUT2D eigenvalue weighted by atomic mass is 9.83. The van der Waals surface area contributed by atoms with Crippen molar-refractivity contribution in [2.75, 3.05) is 0 Å². The zero-order chi connectivity index (χ0) is 17.4. The van der Waals surface area contributed by atoms with E-state index in [4.69, 9.17) is 0 Å². The molecule has 1 unspecified atom stereocenters. The summed E-state index contributed by atoms with van der Waals surface area (Å²) in [6, 6.07) is 0. The zero-order valence-electron chi connectivity index (χ0n) is 15.4. The van der Waals surface area contributed by atoms with Gasteiger partial charge in [-0.3, -0.25) is 0 Å². The van der Waals surface area contributed by atoms with E-state index in [1.807, 2.05) is 13.8 Å². The summed E-state index contributed by atoms with van der Waals surface area (Å²) >= 11 is 0. The maximum absolute atomic E-state index is 13.3. The van der Waals surface area contributed by atoms with Crippen molar-refractivity contribution in [1.29, 1.82) is 0 Å². The van der Waals surface area contributed by atoms with Crippen LogP contribution in [0.3, 0.4) is 0 Å². The maximum Gasteiger partial charge on any atom is 0.154 e. The molecule has 2 heteroatoms. The first-order valence-corrected chi connectivity index (χ1v) is 9.12. The van der Waals surface area contributed by atoms with Gasteiger partial charge in [-0.15, -0.1) is 0 Å². The molecule has 0 aromatic rings. The number of hydrogen-bond donors (Lipinski definition) is 0. The van der Waals surface area contributed by atoms with Gasteiger partial charge in [0.25, 0.3) is 0 Å². The second-order valence-electron chi connectivity index (χ2n) is 6.73. The van der Waals surface area contributed by atoms with Crippen molar-refractivity contribution in [2.24, 2.45) is 11.8 Å². The van der Waals surface area contributed by atoms with Crippen molar-refractivity contribution in [3.63, 3.8) is 0 Å². The van der Waals surface area contributed by atoms with Crippen LogP contribution in [0.5, 0.6) is 0 Å². The van der Waals surface area contributed by atoms with E-state index in [1.54, 1.807) is 0 Å². The maximum atomic E-state index is 13.3. The van der Waals surface area contributed by atoms with Gasteiger partial charge in [0.2, 0.25) is 0 Å². The van der Waals surface area contributed by atoms with E-state index >= 15 is 0 Å². The molecule has 0 aromatic carbocycles. The molecule has 130 valence electrons. The quantitative estimate of drug-likeness (QED) is 0.488. The Balaban J connectivity index is 0.00000127. The van der Waals surface area contributed by atoms with Gasteiger partial charge >= 0.3 is 0 Å². The topological polar surface area (TPSA) is 0 Å². The summed E-state index contributed by atoms with van der Waals surface area (Å²) in [5.41, 5.74) is 3.65. The van der Waals surface area contributed by atoms with Crippen molar-refractivity contribution in [3.05, 3.63) is 46.6 Å². The Morgan fingerprint density at radius 2 is 1.52 bits per heavy atom. The van der Waals surface area contributed by atoms with Gasteiger partial charge in [-0.25, -0.2) is 8.78 Å². The highest BCUT2D eigenvalue weighted by molar-refractivity contribution is 5.43. The van der Waals surface area contributed by atoms with Crippen LogP contribution in [0.4, 0.5) is 8.78 Å². The van der Waals surface area contributed by atoms with E-state index in [0.29, 0.717) is 12.3 Å². The first kappa shape index (κ1) is 19.9. The summed E-state index contributed by atoms with van der Waals surface area (Å²) in [6.07, 6.45) is 11.0. The van der Waals surface area contributed by atoms with Gasteiger partial charge < -0.3 is 0 Å². The molecule has 0 amide bonds. The third-order valence-corrected chi connectivity index (χ3v) is 4.58. The predicted molar refractivity (Wildman–Crippen MR) is 96.5 cm³/mol. The molecule has 1 atom stereocenters. The van der Waals surface area contributed by atoms with E-state index in [1.165, 1.54) is 30.1 Å². The number of hydrogen-bond acceptors (Lipinski definition) is 0. The molecule has 0 saturated heterocycles. The summed E-state index contributed by atoms with van der Waals surface area (Å²) in [5, 5.41) is 0. The molecule has 2 aliphatic carbocycles. The Labute approximate surface area is 141 Å². The van der Waals surface area contributed by atoms with Crippen LogP contribution >= 0.6 is 0 Å². The van der Waals surface area contributed by atoms with Crippen LogP contribution in [0.2, 0.25) is 0 Å². The average molecular weight is 322 g/mol. The highest BCUT2D eigenvalue weighted by atomic mass is 19.2. The lowest BCUT2D eigenvalue weighted by Gasteiger charge is -2.23. The molecule has 0 nitrogen and oxygen atoms in total. The minimum atomic E-state index is -0.683. The molecule has 0 saturated carbocycles. The van der Waals surface area contributed by atoms with Gasteiger partial charge in [-0.2, -0.15) is 0 Å². The summed E-state index contributed by atoms with van der Waals surface area (Å²) in [7, 11) is 0. The molecule has 0 aliphatic heterocycles. The highest BCUT2D eigenvalue weighted by Gasteiger charge is 2.19. The fourth-order valence-electron chi connectivity index (χ4n) is 3.02. The standard InChI is InChI=1S/C19H26F2.C2H6/c1-13(2)4-5-14(3)15-6-8-16(9-7-15)17-10-11-18(20)19(21)12-17;1-2/h6,8,12-14H,4-5,7,9-11H2,1-3H3;1-2H3. The van der Waals surface area contributed by atoms with E-state index in [2.05, 4.69) is 32.9 Å². The van der Waals surface area contributed by atoms with Gasteiger partial charge in [0.15, 0.2) is 5.83 Å². The Morgan fingerprint density at radius 3 is 2.04 bits per heavy atom. The summed E-state index contributed by atoms with van der Waals surface area (Å²) < 4.78 is 26.4. The van der Waals surface area contributed by atoms with E-state index in [9.17, 15) is 8.78 Å². The molecular formula is C21H32F2. The van der Waals surface area contributed by atoms with Crippen molar-refractivity contribution >= 4 is 0 Å². The SMILES string of the molecule is CC.CC(C)CCC(C)C1=CC=C(C2=CC(F)=C(F)CC2)CC1. The first-order valence-electron chi connectivity index (χ1n) is 9.12. The Bertz CT molecular complexity index is 504. The van der Waals surface area contributed by atoms with Gasteiger partial charge in [0.1, 0.15) is 5.83 Å². The van der Waals surface area contributed by atoms with Crippen LogP contribution in [0.1, 0.15) is 73.1 Å². The van der Waals surface area contributed by atoms with Crippen molar-refractivity contribution in [3.8, 4) is 0 Å². The molecule has 0 spiro atoms. The number of halogens is 2. The van der Waals surface area contributed by atoms with Crippen LogP contribution in [0.25, 0.3) is 0 Å². The zero-order valence-corrected chi connectivity index (χ0v) is 15.4. The Hall–Kier alpha value is -1.18. The van der Waals surface area contributed by atoms with Crippen LogP contribution in [0.15, 0.2) is 46.6 Å². The fraction of sp³-hybridized carbons (Fsp3) is 0.619. The summed E-state index contributed by atoms with van der Waals surface area (Å²) in [5.74, 6) is 0.0883.